The zero-order valence-electron chi connectivity index (χ0n) is 16.6. The summed E-state index contributed by atoms with van der Waals surface area (Å²) in [5, 5.41) is 0. The number of likely N-dealkylation sites (tertiary alicyclic amines) is 2. The number of piperazine rings is 1. The predicted octanol–water partition coefficient (Wildman–Crippen LogP) is 1.96. The number of nitrogens with zero attached hydrogens (tertiary/aromatic N) is 4. The third-order valence-electron chi connectivity index (χ3n) is 5.85. The number of rotatable bonds is 2. The molecule has 3 fully saturated rings. The monoisotopic (exact) mass is 354 g/mol. The fourth-order valence-corrected chi connectivity index (χ4v) is 3.99. The summed E-state index contributed by atoms with van der Waals surface area (Å²) in [6.45, 7) is 12.7. The molecule has 0 aliphatic carbocycles. The number of ether oxygens (including phenoxy) is 1. The van der Waals surface area contributed by atoms with Gasteiger partial charge in [-0.2, -0.15) is 0 Å². The topological polar surface area (TPSA) is 39.3 Å². The molecule has 3 rings (SSSR count). The standard InChI is InChI=1S/C12H22N2O2.C7H16N2/c1-16-12(15)14-9-5-11(6-10-14)13-7-3-2-4-8-13;1-3-9-6-4-8(2)5-7-9/h11H,2-10H2,1H3;3-7H2,1-2H3. The Hall–Kier alpha value is -0.850. The highest BCUT2D eigenvalue weighted by Gasteiger charge is 2.27. The molecule has 3 aliphatic rings. The molecule has 1 amide bonds. The SMILES string of the molecule is CCN1CCN(C)CC1.COC(=O)N1CCC(N2CCCCC2)CC1. The molecule has 0 saturated carbocycles. The van der Waals surface area contributed by atoms with Gasteiger partial charge in [0.2, 0.25) is 0 Å². The highest BCUT2D eigenvalue weighted by Crippen LogP contribution is 2.20. The Kier molecular flexibility index (Phi) is 8.99. The first-order chi connectivity index (χ1) is 12.1. The van der Waals surface area contributed by atoms with Crippen LogP contribution in [0.15, 0.2) is 0 Å². The molecule has 3 saturated heterocycles. The van der Waals surface area contributed by atoms with E-state index in [4.69, 9.17) is 4.74 Å². The summed E-state index contributed by atoms with van der Waals surface area (Å²) in [5.74, 6) is 0. The maximum atomic E-state index is 11.3. The van der Waals surface area contributed by atoms with Gasteiger partial charge in [0, 0.05) is 45.3 Å². The zero-order valence-corrected chi connectivity index (χ0v) is 16.6. The van der Waals surface area contributed by atoms with Crippen LogP contribution in [0.1, 0.15) is 39.0 Å². The molecule has 0 bridgehead atoms. The highest BCUT2D eigenvalue weighted by molar-refractivity contribution is 5.67. The van der Waals surface area contributed by atoms with Gasteiger partial charge in [-0.1, -0.05) is 13.3 Å². The summed E-state index contributed by atoms with van der Waals surface area (Å²) in [6.07, 6.45) is 6.12. The number of carbonyl (C=O) groups is 1. The highest BCUT2D eigenvalue weighted by atomic mass is 16.5. The van der Waals surface area contributed by atoms with Crippen molar-refractivity contribution in [1.82, 2.24) is 19.6 Å². The molecule has 0 N–H and O–H groups in total. The van der Waals surface area contributed by atoms with E-state index in [1.54, 1.807) is 0 Å². The Bertz CT molecular complexity index is 372. The van der Waals surface area contributed by atoms with E-state index in [-0.39, 0.29) is 6.09 Å². The molecule has 0 atom stereocenters. The van der Waals surface area contributed by atoms with Gasteiger partial charge in [-0.15, -0.1) is 0 Å². The average Bonchev–Trinajstić information content (AvgIpc) is 2.69. The molecular formula is C19H38N4O2. The van der Waals surface area contributed by atoms with Crippen LogP contribution in [-0.2, 0) is 4.74 Å². The summed E-state index contributed by atoms with van der Waals surface area (Å²) in [4.78, 5) is 20.6. The van der Waals surface area contributed by atoms with Crippen molar-refractivity contribution in [3.8, 4) is 0 Å². The number of amides is 1. The summed E-state index contributed by atoms with van der Waals surface area (Å²) < 4.78 is 4.74. The van der Waals surface area contributed by atoms with Crippen LogP contribution in [0, 0.1) is 0 Å². The van der Waals surface area contributed by atoms with E-state index in [9.17, 15) is 4.79 Å². The van der Waals surface area contributed by atoms with E-state index in [2.05, 4.69) is 28.7 Å². The maximum absolute atomic E-state index is 11.3. The third-order valence-corrected chi connectivity index (χ3v) is 5.85. The quantitative estimate of drug-likeness (QED) is 0.758. The first-order valence-corrected chi connectivity index (χ1v) is 10.1. The first kappa shape index (κ1) is 20.5. The van der Waals surface area contributed by atoms with Crippen molar-refractivity contribution in [2.75, 3.05) is 73.1 Å². The number of piperidine rings is 2. The second-order valence-corrected chi connectivity index (χ2v) is 7.52. The molecule has 3 aliphatic heterocycles. The largest absolute Gasteiger partial charge is 0.453 e. The first-order valence-electron chi connectivity index (χ1n) is 10.1. The second-order valence-electron chi connectivity index (χ2n) is 7.52. The number of likely N-dealkylation sites (N-methyl/N-ethyl adjacent to an activating group) is 2. The molecule has 146 valence electrons. The fourth-order valence-electron chi connectivity index (χ4n) is 3.99. The number of methoxy groups -OCH3 is 1. The van der Waals surface area contributed by atoms with Gasteiger partial charge in [0.15, 0.2) is 0 Å². The molecule has 0 aromatic heterocycles. The van der Waals surface area contributed by atoms with Crippen molar-refractivity contribution >= 4 is 6.09 Å². The minimum Gasteiger partial charge on any atom is -0.453 e. The molecule has 3 heterocycles. The van der Waals surface area contributed by atoms with Crippen LogP contribution in [0.4, 0.5) is 4.79 Å². The summed E-state index contributed by atoms with van der Waals surface area (Å²) in [6, 6.07) is 0.696. The van der Waals surface area contributed by atoms with Crippen molar-refractivity contribution in [1.29, 1.82) is 0 Å². The van der Waals surface area contributed by atoms with Crippen molar-refractivity contribution in [2.24, 2.45) is 0 Å². The Morgan fingerprint density at radius 1 is 0.920 bits per heavy atom. The molecule has 0 unspecified atom stereocenters. The molecule has 0 aromatic rings. The van der Waals surface area contributed by atoms with E-state index in [0.29, 0.717) is 6.04 Å². The van der Waals surface area contributed by atoms with Gasteiger partial charge < -0.3 is 24.3 Å². The van der Waals surface area contributed by atoms with Crippen LogP contribution < -0.4 is 0 Å². The summed E-state index contributed by atoms with van der Waals surface area (Å²) >= 11 is 0. The third kappa shape index (κ3) is 6.76. The smallest absolute Gasteiger partial charge is 0.409 e. The van der Waals surface area contributed by atoms with Crippen LogP contribution in [-0.4, -0.2) is 105 Å². The van der Waals surface area contributed by atoms with E-state index >= 15 is 0 Å². The van der Waals surface area contributed by atoms with Gasteiger partial charge in [0.25, 0.3) is 0 Å². The van der Waals surface area contributed by atoms with E-state index in [1.165, 1.54) is 72.2 Å². The number of carbonyl (C=O) groups excluding carboxylic acids is 1. The predicted molar refractivity (Wildman–Crippen MR) is 102 cm³/mol. The van der Waals surface area contributed by atoms with Crippen LogP contribution in [0.5, 0.6) is 0 Å². The molecule has 0 spiro atoms. The van der Waals surface area contributed by atoms with Gasteiger partial charge >= 0.3 is 6.09 Å². The van der Waals surface area contributed by atoms with Crippen LogP contribution >= 0.6 is 0 Å². The molecule has 0 radical (unpaired) electrons. The van der Waals surface area contributed by atoms with Crippen molar-refractivity contribution in [2.45, 2.75) is 45.1 Å². The zero-order chi connectivity index (χ0) is 18.1. The van der Waals surface area contributed by atoms with Gasteiger partial charge in [-0.3, -0.25) is 0 Å². The van der Waals surface area contributed by atoms with Gasteiger partial charge in [0.1, 0.15) is 0 Å². The summed E-state index contributed by atoms with van der Waals surface area (Å²) in [7, 11) is 3.64. The lowest BCUT2D eigenvalue weighted by atomic mass is 10.0. The maximum Gasteiger partial charge on any atom is 0.409 e. The minimum atomic E-state index is -0.169. The van der Waals surface area contributed by atoms with E-state index in [1.807, 2.05) is 4.90 Å². The fraction of sp³-hybridized carbons (Fsp3) is 0.947. The Labute approximate surface area is 154 Å². The average molecular weight is 355 g/mol. The molecule has 6 nitrogen and oxygen atoms in total. The van der Waals surface area contributed by atoms with Crippen LogP contribution in [0.2, 0.25) is 0 Å². The van der Waals surface area contributed by atoms with Gasteiger partial charge in [-0.25, -0.2) is 4.79 Å². The Morgan fingerprint density at radius 2 is 1.52 bits per heavy atom. The Balaban J connectivity index is 0.000000212. The van der Waals surface area contributed by atoms with Crippen LogP contribution in [0.25, 0.3) is 0 Å². The lowest BCUT2D eigenvalue weighted by molar-refractivity contribution is 0.0763. The van der Waals surface area contributed by atoms with Gasteiger partial charge in [-0.05, 0) is 52.4 Å². The van der Waals surface area contributed by atoms with Crippen molar-refractivity contribution in [3.05, 3.63) is 0 Å². The normalized spacial score (nSPS) is 24.5. The molecule has 6 heteroatoms. The van der Waals surface area contributed by atoms with Crippen molar-refractivity contribution < 1.29 is 9.53 Å². The van der Waals surface area contributed by atoms with Gasteiger partial charge in [0.05, 0.1) is 7.11 Å². The van der Waals surface area contributed by atoms with Crippen LogP contribution in [0.3, 0.4) is 0 Å². The Morgan fingerprint density at radius 3 is 2.04 bits per heavy atom. The minimum absolute atomic E-state index is 0.169. The number of hydrogen-bond acceptors (Lipinski definition) is 5. The molecular weight excluding hydrogens is 316 g/mol. The van der Waals surface area contributed by atoms with Crippen molar-refractivity contribution in [3.63, 3.8) is 0 Å². The van der Waals surface area contributed by atoms with E-state index in [0.717, 1.165) is 25.9 Å². The lowest BCUT2D eigenvalue weighted by Gasteiger charge is -2.39. The molecule has 25 heavy (non-hydrogen) atoms. The second kappa shape index (κ2) is 11.0. The summed E-state index contributed by atoms with van der Waals surface area (Å²) in [5.41, 5.74) is 0. The van der Waals surface area contributed by atoms with E-state index < -0.39 is 0 Å². The number of hydrogen-bond donors (Lipinski definition) is 0. The lowest BCUT2D eigenvalue weighted by Crippen LogP contribution is -2.48. The molecule has 0 aromatic carbocycles.